The number of benzene rings is 2. The number of nitrogens with zero attached hydrogens (tertiary/aromatic N) is 1. The van der Waals surface area contributed by atoms with Gasteiger partial charge in [-0.1, -0.05) is 43.0 Å². The number of ether oxygens (including phenoxy) is 1. The van der Waals surface area contributed by atoms with Gasteiger partial charge in [-0.25, -0.2) is 0 Å². The Bertz CT molecular complexity index is 939. The molecule has 0 unspecified atom stereocenters. The zero-order chi connectivity index (χ0) is 18.4. The molecule has 0 fully saturated rings. The number of aromatic nitrogens is 1. The molecule has 0 saturated carbocycles. The summed E-state index contributed by atoms with van der Waals surface area (Å²) in [7, 11) is 0. The van der Waals surface area contributed by atoms with E-state index < -0.39 is 11.9 Å². The van der Waals surface area contributed by atoms with Crippen LogP contribution in [0.2, 0.25) is 0 Å². The smallest absolute Gasteiger partial charge is 0.231 e. The number of rotatable bonds is 4. The van der Waals surface area contributed by atoms with Crippen LogP contribution in [0.4, 0.5) is 8.78 Å². The standard InChI is InChI=1S/C22H17F2NO/c1-2-15-26-20-12-9-18(10-13-20)17-6-3-16(4-7-17)5-8-19-11-14-21(23)25-22(19)24/h3-4,6-7,9-14H,2,15H2,1H3. The van der Waals surface area contributed by atoms with Gasteiger partial charge in [0.25, 0.3) is 0 Å². The van der Waals surface area contributed by atoms with Gasteiger partial charge in [0.2, 0.25) is 11.9 Å². The van der Waals surface area contributed by atoms with Crippen LogP contribution in [0.1, 0.15) is 24.5 Å². The molecule has 130 valence electrons. The van der Waals surface area contributed by atoms with Gasteiger partial charge < -0.3 is 4.74 Å². The molecule has 1 heterocycles. The van der Waals surface area contributed by atoms with Crippen molar-refractivity contribution in [2.24, 2.45) is 0 Å². The molecule has 26 heavy (non-hydrogen) atoms. The van der Waals surface area contributed by atoms with E-state index in [4.69, 9.17) is 4.74 Å². The van der Waals surface area contributed by atoms with E-state index in [0.717, 1.165) is 34.9 Å². The molecule has 1 aromatic heterocycles. The monoisotopic (exact) mass is 349 g/mol. The van der Waals surface area contributed by atoms with Gasteiger partial charge in [0.15, 0.2) is 0 Å². The predicted octanol–water partition coefficient (Wildman–Crippen LogP) is 5.22. The van der Waals surface area contributed by atoms with E-state index in [2.05, 4.69) is 23.7 Å². The van der Waals surface area contributed by atoms with Gasteiger partial charge in [-0.05, 0) is 53.9 Å². The number of hydrogen-bond donors (Lipinski definition) is 0. The molecule has 2 aromatic carbocycles. The third kappa shape index (κ3) is 4.46. The van der Waals surface area contributed by atoms with Crippen molar-refractivity contribution in [3.8, 4) is 28.7 Å². The van der Waals surface area contributed by atoms with E-state index in [1.54, 1.807) is 0 Å². The average molecular weight is 349 g/mol. The van der Waals surface area contributed by atoms with Crippen molar-refractivity contribution in [3.63, 3.8) is 0 Å². The van der Waals surface area contributed by atoms with Crippen LogP contribution in [0, 0.1) is 23.7 Å². The second-order valence-electron chi connectivity index (χ2n) is 5.67. The van der Waals surface area contributed by atoms with Gasteiger partial charge in [0.1, 0.15) is 5.75 Å². The fraction of sp³-hybridized carbons (Fsp3) is 0.136. The van der Waals surface area contributed by atoms with E-state index in [1.807, 2.05) is 48.5 Å². The molecule has 4 heteroatoms. The highest BCUT2D eigenvalue weighted by atomic mass is 19.1. The Balaban J connectivity index is 1.73. The lowest BCUT2D eigenvalue weighted by Gasteiger charge is -2.06. The summed E-state index contributed by atoms with van der Waals surface area (Å²) in [4.78, 5) is 3.12. The van der Waals surface area contributed by atoms with E-state index in [1.165, 1.54) is 6.07 Å². The van der Waals surface area contributed by atoms with Gasteiger partial charge >= 0.3 is 0 Å². The quantitative estimate of drug-likeness (QED) is 0.476. The summed E-state index contributed by atoms with van der Waals surface area (Å²) in [5.74, 6) is 4.63. The first kappa shape index (κ1) is 17.6. The van der Waals surface area contributed by atoms with E-state index in [9.17, 15) is 8.78 Å². The van der Waals surface area contributed by atoms with E-state index >= 15 is 0 Å². The summed E-state index contributed by atoms with van der Waals surface area (Å²) in [6.45, 7) is 2.77. The summed E-state index contributed by atoms with van der Waals surface area (Å²) in [5, 5.41) is 0. The lowest BCUT2D eigenvalue weighted by Crippen LogP contribution is -1.94. The molecule has 0 aliphatic rings. The first-order valence-corrected chi connectivity index (χ1v) is 8.33. The molecule has 0 saturated heterocycles. The Hall–Kier alpha value is -3.19. The molecular formula is C22H17F2NO. The first-order valence-electron chi connectivity index (χ1n) is 8.33. The summed E-state index contributed by atoms with van der Waals surface area (Å²) >= 11 is 0. The molecule has 0 bridgehead atoms. The largest absolute Gasteiger partial charge is 0.494 e. The summed E-state index contributed by atoms with van der Waals surface area (Å²) < 4.78 is 31.9. The predicted molar refractivity (Wildman–Crippen MR) is 97.8 cm³/mol. The molecule has 0 aliphatic carbocycles. The van der Waals surface area contributed by atoms with Gasteiger partial charge in [0, 0.05) is 5.56 Å². The minimum absolute atomic E-state index is 0.0677. The fourth-order valence-electron chi connectivity index (χ4n) is 2.35. The lowest BCUT2D eigenvalue weighted by molar-refractivity contribution is 0.317. The molecule has 2 nitrogen and oxygen atoms in total. The van der Waals surface area contributed by atoms with Crippen LogP contribution in [0.5, 0.6) is 5.75 Å². The van der Waals surface area contributed by atoms with Crippen LogP contribution in [-0.4, -0.2) is 11.6 Å². The minimum Gasteiger partial charge on any atom is -0.494 e. The van der Waals surface area contributed by atoms with Crippen molar-refractivity contribution in [2.75, 3.05) is 6.61 Å². The number of halogens is 2. The normalized spacial score (nSPS) is 10.1. The third-order valence-corrected chi connectivity index (χ3v) is 3.70. The molecule has 0 spiro atoms. The van der Waals surface area contributed by atoms with Crippen molar-refractivity contribution < 1.29 is 13.5 Å². The van der Waals surface area contributed by atoms with Crippen molar-refractivity contribution in [1.29, 1.82) is 0 Å². The zero-order valence-electron chi connectivity index (χ0n) is 14.3. The molecule has 0 radical (unpaired) electrons. The van der Waals surface area contributed by atoms with E-state index in [-0.39, 0.29) is 5.56 Å². The molecule has 3 aromatic rings. The lowest BCUT2D eigenvalue weighted by atomic mass is 10.0. The summed E-state index contributed by atoms with van der Waals surface area (Å²) in [6, 6.07) is 17.9. The van der Waals surface area contributed by atoms with Crippen molar-refractivity contribution in [2.45, 2.75) is 13.3 Å². The molecule has 0 N–H and O–H groups in total. The SMILES string of the molecule is CCCOc1ccc(-c2ccc(C#Cc3ccc(F)nc3F)cc2)cc1. The Morgan fingerprint density at radius 2 is 1.50 bits per heavy atom. The second-order valence-corrected chi connectivity index (χ2v) is 5.67. The van der Waals surface area contributed by atoms with Crippen molar-refractivity contribution >= 4 is 0 Å². The van der Waals surface area contributed by atoms with Gasteiger partial charge in [-0.2, -0.15) is 13.8 Å². The van der Waals surface area contributed by atoms with Crippen LogP contribution < -0.4 is 4.74 Å². The Morgan fingerprint density at radius 1 is 0.846 bits per heavy atom. The Labute approximate surface area is 151 Å². The Morgan fingerprint density at radius 3 is 2.12 bits per heavy atom. The van der Waals surface area contributed by atoms with Crippen LogP contribution in [0.25, 0.3) is 11.1 Å². The maximum Gasteiger partial charge on any atom is 0.231 e. The average Bonchev–Trinajstić information content (AvgIpc) is 2.66. The number of pyridine rings is 1. The molecular weight excluding hydrogens is 332 g/mol. The highest BCUT2D eigenvalue weighted by molar-refractivity contribution is 5.65. The van der Waals surface area contributed by atoms with Crippen LogP contribution in [-0.2, 0) is 0 Å². The Kier molecular flexibility index (Phi) is 5.60. The van der Waals surface area contributed by atoms with Crippen molar-refractivity contribution in [1.82, 2.24) is 4.98 Å². The van der Waals surface area contributed by atoms with Crippen LogP contribution in [0.15, 0.2) is 60.7 Å². The fourth-order valence-corrected chi connectivity index (χ4v) is 2.35. The maximum atomic E-state index is 13.5. The summed E-state index contributed by atoms with van der Waals surface area (Å²) in [6.07, 6.45) is 0.974. The van der Waals surface area contributed by atoms with E-state index in [0.29, 0.717) is 6.61 Å². The van der Waals surface area contributed by atoms with Gasteiger partial charge in [-0.15, -0.1) is 0 Å². The van der Waals surface area contributed by atoms with Crippen LogP contribution in [0.3, 0.4) is 0 Å². The molecule has 0 atom stereocenters. The van der Waals surface area contributed by atoms with Gasteiger partial charge in [0.05, 0.1) is 12.2 Å². The topological polar surface area (TPSA) is 22.1 Å². The second kappa shape index (κ2) is 8.26. The number of hydrogen-bond acceptors (Lipinski definition) is 2. The third-order valence-electron chi connectivity index (χ3n) is 3.70. The molecule has 0 amide bonds. The highest BCUT2D eigenvalue weighted by Gasteiger charge is 2.02. The molecule has 3 rings (SSSR count). The first-order chi connectivity index (χ1) is 12.7. The molecule has 0 aliphatic heterocycles. The maximum absolute atomic E-state index is 13.5. The zero-order valence-corrected chi connectivity index (χ0v) is 14.3. The summed E-state index contributed by atoms with van der Waals surface area (Å²) in [5.41, 5.74) is 2.92. The van der Waals surface area contributed by atoms with Crippen molar-refractivity contribution in [3.05, 3.63) is 83.7 Å². The van der Waals surface area contributed by atoms with Gasteiger partial charge in [-0.3, -0.25) is 0 Å². The highest BCUT2D eigenvalue weighted by Crippen LogP contribution is 2.23. The minimum atomic E-state index is -0.903. The van der Waals surface area contributed by atoms with Crippen LogP contribution >= 0.6 is 0 Å².